The van der Waals surface area contributed by atoms with Crippen LogP contribution in [0.3, 0.4) is 0 Å². The van der Waals surface area contributed by atoms with E-state index in [4.69, 9.17) is 11.0 Å². The van der Waals surface area contributed by atoms with Crippen molar-refractivity contribution in [2.75, 3.05) is 5.73 Å². The maximum atomic E-state index is 8.34. The van der Waals surface area contributed by atoms with Crippen molar-refractivity contribution in [1.82, 2.24) is 9.78 Å². The minimum absolute atomic E-state index is 0.476. The number of aryl methyl sites for hydroxylation is 2. The van der Waals surface area contributed by atoms with E-state index in [0.717, 1.165) is 12.0 Å². The van der Waals surface area contributed by atoms with Crippen molar-refractivity contribution >= 4 is 5.82 Å². The Balaban J connectivity index is 2.70. The van der Waals surface area contributed by atoms with Gasteiger partial charge in [-0.05, 0) is 6.42 Å². The second-order valence-electron chi connectivity index (χ2n) is 2.56. The number of hydrogen-bond donors (Lipinski definition) is 1. The van der Waals surface area contributed by atoms with Gasteiger partial charge in [-0.15, -0.1) is 0 Å². The SMILES string of the molecule is CCc1cn(CCC#N)nc1N. The van der Waals surface area contributed by atoms with E-state index in [0.29, 0.717) is 18.8 Å². The summed E-state index contributed by atoms with van der Waals surface area (Å²) < 4.78 is 1.72. The highest BCUT2D eigenvalue weighted by atomic mass is 15.3. The molecule has 0 unspecified atom stereocenters. The number of nitrogens with two attached hydrogens (primary N) is 1. The molecule has 1 aromatic rings. The first-order valence-corrected chi connectivity index (χ1v) is 3.96. The molecule has 0 spiro atoms. The lowest BCUT2D eigenvalue weighted by molar-refractivity contribution is 0.629. The van der Waals surface area contributed by atoms with Gasteiger partial charge in [-0.3, -0.25) is 4.68 Å². The predicted molar refractivity (Wildman–Crippen MR) is 46.2 cm³/mol. The summed E-state index contributed by atoms with van der Waals surface area (Å²) in [6.45, 7) is 2.66. The molecule has 0 fully saturated rings. The van der Waals surface area contributed by atoms with Crippen molar-refractivity contribution in [3.8, 4) is 6.07 Å². The summed E-state index contributed by atoms with van der Waals surface area (Å²) >= 11 is 0. The Hall–Kier alpha value is -1.50. The number of nitrogens with zero attached hydrogens (tertiary/aromatic N) is 3. The summed E-state index contributed by atoms with van der Waals surface area (Å²) in [4.78, 5) is 0. The van der Waals surface area contributed by atoms with Gasteiger partial charge in [0.05, 0.1) is 19.0 Å². The Kier molecular flexibility index (Phi) is 2.70. The molecule has 1 aromatic heterocycles. The zero-order chi connectivity index (χ0) is 8.97. The molecule has 0 amide bonds. The van der Waals surface area contributed by atoms with Crippen molar-refractivity contribution in [3.63, 3.8) is 0 Å². The molecule has 4 heteroatoms. The van der Waals surface area contributed by atoms with E-state index in [2.05, 4.69) is 11.2 Å². The van der Waals surface area contributed by atoms with Crippen LogP contribution in [0.25, 0.3) is 0 Å². The van der Waals surface area contributed by atoms with Crippen LogP contribution in [0.15, 0.2) is 6.20 Å². The van der Waals surface area contributed by atoms with Gasteiger partial charge in [0.1, 0.15) is 5.82 Å². The van der Waals surface area contributed by atoms with E-state index in [9.17, 15) is 0 Å². The molecule has 0 aliphatic heterocycles. The molecule has 4 nitrogen and oxygen atoms in total. The van der Waals surface area contributed by atoms with Crippen LogP contribution in [0.1, 0.15) is 18.9 Å². The Morgan fingerprint density at radius 3 is 3.00 bits per heavy atom. The second-order valence-corrected chi connectivity index (χ2v) is 2.56. The molecule has 2 N–H and O–H groups in total. The Morgan fingerprint density at radius 1 is 1.75 bits per heavy atom. The highest BCUT2D eigenvalue weighted by Gasteiger charge is 2.01. The van der Waals surface area contributed by atoms with Crippen LogP contribution in [0.4, 0.5) is 5.82 Å². The first-order valence-electron chi connectivity index (χ1n) is 3.96. The zero-order valence-electron chi connectivity index (χ0n) is 7.12. The van der Waals surface area contributed by atoms with E-state index in [1.165, 1.54) is 0 Å². The quantitative estimate of drug-likeness (QED) is 0.722. The van der Waals surface area contributed by atoms with E-state index >= 15 is 0 Å². The monoisotopic (exact) mass is 164 g/mol. The van der Waals surface area contributed by atoms with Crippen molar-refractivity contribution in [2.45, 2.75) is 26.3 Å². The fourth-order valence-corrected chi connectivity index (χ4v) is 1.03. The third kappa shape index (κ3) is 1.76. The Labute approximate surface area is 71.6 Å². The van der Waals surface area contributed by atoms with Gasteiger partial charge in [0.2, 0.25) is 0 Å². The van der Waals surface area contributed by atoms with Gasteiger partial charge in [0, 0.05) is 11.8 Å². The van der Waals surface area contributed by atoms with E-state index in [-0.39, 0.29) is 0 Å². The maximum absolute atomic E-state index is 8.34. The molecule has 0 saturated heterocycles. The fraction of sp³-hybridized carbons (Fsp3) is 0.500. The first kappa shape index (κ1) is 8.60. The van der Waals surface area contributed by atoms with Crippen LogP contribution < -0.4 is 5.73 Å². The van der Waals surface area contributed by atoms with Crippen LogP contribution in [0.5, 0.6) is 0 Å². The molecule has 0 bridgehead atoms. The van der Waals surface area contributed by atoms with Crippen LogP contribution >= 0.6 is 0 Å². The lowest BCUT2D eigenvalue weighted by Gasteiger charge is -1.92. The Bertz CT molecular complexity index is 294. The minimum Gasteiger partial charge on any atom is -0.382 e. The van der Waals surface area contributed by atoms with Gasteiger partial charge in [0.25, 0.3) is 0 Å². The van der Waals surface area contributed by atoms with Crippen molar-refractivity contribution in [2.24, 2.45) is 0 Å². The van der Waals surface area contributed by atoms with Crippen LogP contribution in [0, 0.1) is 11.3 Å². The minimum atomic E-state index is 0.476. The largest absolute Gasteiger partial charge is 0.382 e. The second kappa shape index (κ2) is 3.77. The molecular weight excluding hydrogens is 152 g/mol. The third-order valence-electron chi connectivity index (χ3n) is 1.70. The number of nitriles is 1. The van der Waals surface area contributed by atoms with Gasteiger partial charge in [-0.2, -0.15) is 10.4 Å². The molecule has 0 saturated carbocycles. The van der Waals surface area contributed by atoms with Crippen molar-refractivity contribution in [3.05, 3.63) is 11.8 Å². The van der Waals surface area contributed by atoms with E-state index in [1.807, 2.05) is 13.1 Å². The lowest BCUT2D eigenvalue weighted by atomic mass is 10.3. The summed E-state index contributed by atoms with van der Waals surface area (Å²) in [6, 6.07) is 2.06. The highest BCUT2D eigenvalue weighted by Crippen LogP contribution is 2.09. The summed E-state index contributed by atoms with van der Waals surface area (Å²) in [7, 11) is 0. The fourth-order valence-electron chi connectivity index (χ4n) is 1.03. The molecular formula is C8H12N4. The molecule has 0 atom stereocenters. The average molecular weight is 164 g/mol. The molecule has 64 valence electrons. The standard InChI is InChI=1S/C8H12N4/c1-2-7-6-12(5-3-4-9)11-8(7)10/h6H,2-3,5H2,1H3,(H2,10,11). The summed E-state index contributed by atoms with van der Waals surface area (Å²) in [5.74, 6) is 0.579. The summed E-state index contributed by atoms with van der Waals surface area (Å²) in [5.41, 5.74) is 6.66. The Morgan fingerprint density at radius 2 is 2.50 bits per heavy atom. The lowest BCUT2D eigenvalue weighted by Crippen LogP contribution is -1.98. The molecule has 0 radical (unpaired) electrons. The average Bonchev–Trinajstić information content (AvgIpc) is 2.43. The maximum Gasteiger partial charge on any atom is 0.148 e. The molecule has 0 aliphatic carbocycles. The number of hydrogen-bond acceptors (Lipinski definition) is 3. The van der Waals surface area contributed by atoms with Crippen LogP contribution in [-0.4, -0.2) is 9.78 Å². The first-order chi connectivity index (χ1) is 5.77. The van der Waals surface area contributed by atoms with Crippen LogP contribution in [-0.2, 0) is 13.0 Å². The van der Waals surface area contributed by atoms with Crippen molar-refractivity contribution < 1.29 is 0 Å². The number of anilines is 1. The molecule has 0 aliphatic rings. The highest BCUT2D eigenvalue weighted by molar-refractivity contribution is 5.37. The summed E-state index contributed by atoms with van der Waals surface area (Å²) in [6.07, 6.45) is 3.26. The van der Waals surface area contributed by atoms with Gasteiger partial charge >= 0.3 is 0 Å². The molecule has 12 heavy (non-hydrogen) atoms. The molecule has 0 aromatic carbocycles. The van der Waals surface area contributed by atoms with E-state index in [1.54, 1.807) is 4.68 Å². The van der Waals surface area contributed by atoms with Gasteiger partial charge in [-0.1, -0.05) is 6.92 Å². The molecule has 1 heterocycles. The van der Waals surface area contributed by atoms with Gasteiger partial charge < -0.3 is 5.73 Å². The zero-order valence-corrected chi connectivity index (χ0v) is 7.12. The van der Waals surface area contributed by atoms with E-state index < -0.39 is 0 Å². The van der Waals surface area contributed by atoms with Gasteiger partial charge in [-0.25, -0.2) is 0 Å². The summed E-state index contributed by atoms with van der Waals surface area (Å²) in [5, 5.41) is 12.4. The predicted octanol–water partition coefficient (Wildman–Crippen LogP) is 0.941. The normalized spacial score (nSPS) is 9.67. The van der Waals surface area contributed by atoms with Gasteiger partial charge in [0.15, 0.2) is 0 Å². The van der Waals surface area contributed by atoms with Crippen molar-refractivity contribution in [1.29, 1.82) is 5.26 Å². The third-order valence-corrected chi connectivity index (χ3v) is 1.70. The molecule has 1 rings (SSSR count). The topological polar surface area (TPSA) is 67.6 Å². The number of aromatic nitrogens is 2. The van der Waals surface area contributed by atoms with Crippen LogP contribution in [0.2, 0.25) is 0 Å². The smallest absolute Gasteiger partial charge is 0.148 e. The number of rotatable bonds is 3. The number of nitrogen functional groups attached to an aromatic ring is 1.